The number of aromatic nitrogens is 5. The third-order valence-corrected chi connectivity index (χ3v) is 14.6. The molecule has 0 aliphatic heterocycles. The van der Waals surface area contributed by atoms with Crippen LogP contribution in [0.2, 0.25) is 0 Å². The number of nitrogens with zero attached hydrogens (tertiary/aromatic N) is 5. The van der Waals surface area contributed by atoms with Crippen LogP contribution in [0.15, 0.2) is 144 Å². The molecule has 4 aromatic heterocycles. The number of hydrogen-bond acceptors (Lipinski definition) is 4. The predicted octanol–water partition coefficient (Wildman–Crippen LogP) is -0.967. The van der Waals surface area contributed by atoms with Crippen molar-refractivity contribution in [1.29, 1.82) is 0 Å². The lowest BCUT2D eigenvalue weighted by Crippen LogP contribution is -2.49. The Morgan fingerprint density at radius 3 is 1.54 bits per heavy atom. The molecule has 14 heteroatoms. The highest BCUT2D eigenvalue weighted by molar-refractivity contribution is 6.71. The molecule has 0 saturated heterocycles. The second kappa shape index (κ2) is 14.6. The quantitative estimate of drug-likeness (QED) is 0.210. The highest BCUT2D eigenvalue weighted by Gasteiger charge is 2.27. The highest BCUT2D eigenvalue weighted by atomic mass is 16.3. The highest BCUT2D eigenvalue weighted by Crippen LogP contribution is 2.41. The molecule has 12 rings (SSSR count). The molecule has 0 aliphatic carbocycles. The molecule has 4 heterocycles. The number of furan rings is 1. The number of fused-ring (bicyclic) bond motifs is 9. The lowest BCUT2D eigenvalue weighted by molar-refractivity contribution is 0.669. The van der Waals surface area contributed by atoms with Crippen molar-refractivity contribution in [3.05, 3.63) is 140 Å². The summed E-state index contributed by atoms with van der Waals surface area (Å²) in [7, 11) is 18.1. The van der Waals surface area contributed by atoms with E-state index in [1.54, 1.807) is 0 Å². The molecule has 0 unspecified atom stereocenters. The molecule has 0 atom stereocenters. The number of benzene rings is 8. The third kappa shape index (κ3) is 5.69. The van der Waals surface area contributed by atoms with Gasteiger partial charge in [0.1, 0.15) is 73.9 Å². The topological polar surface area (TPSA) is 61.7 Å². The van der Waals surface area contributed by atoms with Crippen molar-refractivity contribution in [3.63, 3.8) is 0 Å². The average molecular weight is 824 g/mol. The molecular weight excluding hydrogens is 785 g/mol. The van der Waals surface area contributed by atoms with Gasteiger partial charge in [-0.1, -0.05) is 130 Å². The molecule has 0 saturated carbocycles. The maximum Gasteiger partial charge on any atom is 0.238 e. The molecular formula is C51H39B8N5O. The predicted molar refractivity (Wildman–Crippen MR) is 298 cm³/mol. The largest absolute Gasteiger partial charge is 0.456 e. The number of para-hydroxylation sites is 4. The minimum Gasteiger partial charge on any atom is -0.456 e. The van der Waals surface area contributed by atoms with Crippen molar-refractivity contribution in [3.8, 4) is 45.5 Å². The maximum atomic E-state index is 6.69. The summed E-state index contributed by atoms with van der Waals surface area (Å²) in [5, 5.41) is 7.05. The Morgan fingerprint density at radius 2 is 0.892 bits per heavy atom. The molecule has 65 heavy (non-hydrogen) atoms. The van der Waals surface area contributed by atoms with Crippen LogP contribution in [0.3, 0.4) is 0 Å². The normalized spacial score (nSPS) is 11.9. The minimum atomic E-state index is 0.563. The van der Waals surface area contributed by atoms with Crippen molar-refractivity contribution >= 4 is 172 Å². The summed E-state index contributed by atoms with van der Waals surface area (Å²) in [5.41, 5.74) is 21.2. The summed E-state index contributed by atoms with van der Waals surface area (Å²) in [4.78, 5) is 16.8. The molecule has 0 aliphatic rings. The van der Waals surface area contributed by atoms with Gasteiger partial charge in [-0.25, -0.2) is 4.98 Å². The van der Waals surface area contributed by atoms with Crippen LogP contribution in [0, 0.1) is 0 Å². The van der Waals surface area contributed by atoms with Gasteiger partial charge in [0.25, 0.3) is 0 Å². The first-order valence-electron chi connectivity index (χ1n) is 22.5. The summed E-state index contributed by atoms with van der Waals surface area (Å²) in [6, 6.07) is 49.0. The van der Waals surface area contributed by atoms with E-state index in [9.17, 15) is 0 Å². The van der Waals surface area contributed by atoms with Crippen molar-refractivity contribution in [2.24, 2.45) is 0 Å². The van der Waals surface area contributed by atoms with Gasteiger partial charge in [-0.3, -0.25) is 4.57 Å². The van der Waals surface area contributed by atoms with Crippen LogP contribution in [0.5, 0.6) is 0 Å². The Bertz CT molecular complexity index is 3880. The van der Waals surface area contributed by atoms with Crippen LogP contribution in [0.25, 0.3) is 111 Å². The van der Waals surface area contributed by atoms with Gasteiger partial charge in [-0.15, -0.1) is 10.9 Å². The van der Waals surface area contributed by atoms with E-state index in [4.69, 9.17) is 19.4 Å². The standard InChI is InChI=1S/C51H39B8N5O/c52-39-37-38-40(53)42(55)44(57)46(59)48(38)64(47(37)45(58)43(56)41(39)54)51-61-49(25-22-30(24-12-2-1-3-13-24)36-29-17-7-11-21-34(29)65-35(36)23-25)60-50(62-51)28-16-6-10-20-33(28)63-31-18-8-4-14-26(31)27-15-5-9-19-32(27)63/h1-23H,52-59H2. The first-order valence-corrected chi connectivity index (χ1v) is 22.5. The van der Waals surface area contributed by atoms with Crippen molar-refractivity contribution < 1.29 is 4.42 Å². The molecule has 8 aromatic carbocycles. The molecule has 0 amide bonds. The van der Waals surface area contributed by atoms with Crippen molar-refractivity contribution in [2.75, 3.05) is 0 Å². The van der Waals surface area contributed by atoms with E-state index >= 15 is 0 Å². The molecule has 0 radical (unpaired) electrons. The first-order chi connectivity index (χ1) is 31.6. The van der Waals surface area contributed by atoms with E-state index in [0.717, 1.165) is 71.9 Å². The zero-order chi connectivity index (χ0) is 44.4. The minimum absolute atomic E-state index is 0.563. The van der Waals surface area contributed by atoms with Gasteiger partial charge in [-0.05, 0) is 64.4 Å². The van der Waals surface area contributed by atoms with Gasteiger partial charge < -0.3 is 8.98 Å². The number of rotatable bonds is 5. The van der Waals surface area contributed by atoms with Gasteiger partial charge in [0, 0.05) is 43.7 Å². The lowest BCUT2D eigenvalue weighted by Gasteiger charge is -2.18. The zero-order valence-corrected chi connectivity index (χ0v) is 37.9. The summed E-state index contributed by atoms with van der Waals surface area (Å²) in [6.07, 6.45) is 0. The Morgan fingerprint density at radius 1 is 0.369 bits per heavy atom. The van der Waals surface area contributed by atoms with E-state index in [-0.39, 0.29) is 0 Å². The SMILES string of the molecule is Bc1c(B)c(B)c2c(c1B)c1c(B)c(B)c(B)c(B)c1n2-c1nc(-c2cc(-c3ccccc3)c3c(c2)oc2ccccc23)nc(-c2ccccc2-n2c3ccccc3c3ccccc32)n1. The zero-order valence-electron chi connectivity index (χ0n) is 37.9. The Labute approximate surface area is 383 Å². The summed E-state index contributed by atoms with van der Waals surface area (Å²) in [6.45, 7) is 0. The fraction of sp³-hybridized carbons (Fsp3) is 0. The molecule has 6 nitrogen and oxygen atoms in total. The van der Waals surface area contributed by atoms with E-state index in [1.807, 2.05) is 12.1 Å². The van der Waals surface area contributed by atoms with Crippen LogP contribution < -0.4 is 43.7 Å². The van der Waals surface area contributed by atoms with Gasteiger partial charge in [-0.2, -0.15) is 9.97 Å². The molecule has 298 valence electrons. The monoisotopic (exact) mass is 825 g/mol. The summed E-state index contributed by atoms with van der Waals surface area (Å²) < 4.78 is 11.4. The van der Waals surface area contributed by atoms with Crippen LogP contribution in [-0.2, 0) is 0 Å². The molecule has 0 bridgehead atoms. The second-order valence-corrected chi connectivity index (χ2v) is 17.8. The Kier molecular flexibility index (Phi) is 8.83. The Balaban J connectivity index is 1.24. The van der Waals surface area contributed by atoms with Crippen molar-refractivity contribution in [1.82, 2.24) is 24.1 Å². The average Bonchev–Trinajstić information content (AvgIpc) is 4.02. The van der Waals surface area contributed by atoms with Crippen LogP contribution in [-0.4, -0.2) is 86.9 Å². The molecule has 12 aromatic rings. The number of hydrogen-bond donors (Lipinski definition) is 0. The second-order valence-electron chi connectivity index (χ2n) is 17.8. The van der Waals surface area contributed by atoms with Gasteiger partial charge in [0.2, 0.25) is 5.95 Å². The van der Waals surface area contributed by atoms with E-state index in [2.05, 4.69) is 199 Å². The molecule has 0 N–H and O–H groups in total. The van der Waals surface area contributed by atoms with Crippen LogP contribution in [0.4, 0.5) is 0 Å². The van der Waals surface area contributed by atoms with Gasteiger partial charge in [0.05, 0.1) is 16.7 Å². The van der Waals surface area contributed by atoms with Crippen molar-refractivity contribution in [2.45, 2.75) is 0 Å². The first kappa shape index (κ1) is 39.3. The van der Waals surface area contributed by atoms with Crippen LogP contribution >= 0.6 is 0 Å². The summed E-state index contributed by atoms with van der Waals surface area (Å²) in [5.74, 6) is 1.72. The van der Waals surface area contributed by atoms with E-state index in [1.165, 1.54) is 65.2 Å². The van der Waals surface area contributed by atoms with Crippen LogP contribution in [0.1, 0.15) is 0 Å². The molecule has 0 fully saturated rings. The van der Waals surface area contributed by atoms with Gasteiger partial charge >= 0.3 is 0 Å². The van der Waals surface area contributed by atoms with E-state index in [0.29, 0.717) is 17.6 Å². The van der Waals surface area contributed by atoms with Gasteiger partial charge in [0.15, 0.2) is 11.6 Å². The Hall–Kier alpha value is -7.31. The fourth-order valence-corrected chi connectivity index (χ4v) is 10.7. The van der Waals surface area contributed by atoms with E-state index < -0.39 is 0 Å². The fourth-order valence-electron chi connectivity index (χ4n) is 10.7. The summed E-state index contributed by atoms with van der Waals surface area (Å²) >= 11 is 0. The maximum absolute atomic E-state index is 6.69. The third-order valence-electron chi connectivity index (χ3n) is 14.6. The smallest absolute Gasteiger partial charge is 0.238 e. The lowest BCUT2D eigenvalue weighted by atomic mass is 9.63. The molecule has 0 spiro atoms.